The van der Waals surface area contributed by atoms with Gasteiger partial charge in [0.05, 0.1) is 37.6 Å². The van der Waals surface area contributed by atoms with Crippen molar-refractivity contribution >= 4 is 0 Å². The van der Waals surface area contributed by atoms with E-state index in [0.29, 0.717) is 48.7 Å². The molecule has 5 fully saturated rings. The first-order valence-corrected chi connectivity index (χ1v) is 13.5. The summed E-state index contributed by atoms with van der Waals surface area (Å²) in [5, 5.41) is 43.8. The Morgan fingerprint density at radius 3 is 2.38 bits per heavy atom. The van der Waals surface area contributed by atoms with Gasteiger partial charge in [0, 0.05) is 5.92 Å². The number of hydrogen-bond acceptors (Lipinski definition) is 5. The second-order valence-electron chi connectivity index (χ2n) is 12.9. The summed E-state index contributed by atoms with van der Waals surface area (Å²) in [5.41, 5.74) is -0.0203. The highest BCUT2D eigenvalue weighted by atomic mass is 16.5. The second-order valence-corrected chi connectivity index (χ2v) is 12.9. The molecule has 5 nitrogen and oxygen atoms in total. The summed E-state index contributed by atoms with van der Waals surface area (Å²) >= 11 is 0. The minimum Gasteiger partial charge on any atom is -0.393 e. The van der Waals surface area contributed by atoms with E-state index in [9.17, 15) is 20.4 Å². The number of aliphatic hydroxyl groups is 4. The van der Waals surface area contributed by atoms with E-state index >= 15 is 0 Å². The van der Waals surface area contributed by atoms with Crippen LogP contribution in [0.4, 0.5) is 0 Å². The molecule has 5 heteroatoms. The van der Waals surface area contributed by atoms with Crippen molar-refractivity contribution in [2.24, 2.45) is 52.3 Å². The fourth-order valence-electron chi connectivity index (χ4n) is 9.48. The van der Waals surface area contributed by atoms with Crippen molar-refractivity contribution in [2.45, 2.75) is 103 Å². The molecule has 4 aliphatic carbocycles. The third-order valence-electron chi connectivity index (χ3n) is 11.6. The fraction of sp³-hybridized carbons (Fsp3) is 1.00. The van der Waals surface area contributed by atoms with Crippen LogP contribution in [0.5, 0.6) is 0 Å². The molecule has 5 unspecified atom stereocenters. The highest BCUT2D eigenvalue weighted by Crippen LogP contribution is 2.68. The van der Waals surface area contributed by atoms with Gasteiger partial charge in [0.1, 0.15) is 0 Å². The van der Waals surface area contributed by atoms with Crippen LogP contribution in [0.15, 0.2) is 0 Å². The Labute approximate surface area is 193 Å². The summed E-state index contributed by atoms with van der Waals surface area (Å²) in [6, 6.07) is 0. The maximum absolute atomic E-state index is 11.7. The van der Waals surface area contributed by atoms with Gasteiger partial charge >= 0.3 is 0 Å². The van der Waals surface area contributed by atoms with Gasteiger partial charge in [-0.25, -0.2) is 0 Å². The zero-order valence-electron chi connectivity index (χ0n) is 20.3. The second kappa shape index (κ2) is 8.48. The van der Waals surface area contributed by atoms with Crippen molar-refractivity contribution in [3.05, 3.63) is 0 Å². The van der Waals surface area contributed by atoms with Crippen molar-refractivity contribution in [3.8, 4) is 0 Å². The van der Waals surface area contributed by atoms with Crippen LogP contribution in [-0.4, -0.2) is 58.1 Å². The third kappa shape index (κ3) is 3.52. The molecule has 0 spiro atoms. The number of hydrogen-bond donors (Lipinski definition) is 4. The van der Waals surface area contributed by atoms with Crippen molar-refractivity contribution in [1.82, 2.24) is 0 Å². The smallest absolute Gasteiger partial charge is 0.0612 e. The Hall–Kier alpha value is -0.200. The molecular formula is C27H46O5. The topological polar surface area (TPSA) is 90.2 Å². The van der Waals surface area contributed by atoms with Gasteiger partial charge in [0.25, 0.3) is 0 Å². The predicted octanol–water partition coefficient (Wildman–Crippen LogP) is 3.37. The molecular weight excluding hydrogens is 404 g/mol. The first-order chi connectivity index (χ1) is 15.2. The van der Waals surface area contributed by atoms with Crippen molar-refractivity contribution < 1.29 is 25.2 Å². The number of aliphatic hydroxyl groups excluding tert-OH is 4. The largest absolute Gasteiger partial charge is 0.393 e. The molecule has 5 rings (SSSR count). The summed E-state index contributed by atoms with van der Waals surface area (Å²) in [6.45, 7) is 8.40. The first-order valence-electron chi connectivity index (χ1n) is 13.5. The van der Waals surface area contributed by atoms with Crippen LogP contribution in [0.1, 0.15) is 78.6 Å². The molecule has 32 heavy (non-hydrogen) atoms. The van der Waals surface area contributed by atoms with Crippen LogP contribution in [0.2, 0.25) is 0 Å². The van der Waals surface area contributed by atoms with E-state index in [-0.39, 0.29) is 41.2 Å². The molecule has 5 aliphatic rings. The molecule has 1 aliphatic heterocycles. The van der Waals surface area contributed by atoms with Crippen LogP contribution in [0.25, 0.3) is 0 Å². The lowest BCUT2D eigenvalue weighted by Gasteiger charge is -2.63. The van der Waals surface area contributed by atoms with Gasteiger partial charge in [-0.1, -0.05) is 20.8 Å². The standard InChI is InChI=1S/C27H46O5/c1-15(4-7-22(29)16-13-32-14-16)19-5-6-20-25-21(12-24(31)27(19,20)3)26(2)9-8-18(28)10-17(26)11-23(25)30/h15-25,28-31H,4-14H2,1-3H3/t15-,17?,18?,19-,20+,21+,22?,23?,24?,25+,26+,27-/m1/s1. The monoisotopic (exact) mass is 450 g/mol. The van der Waals surface area contributed by atoms with Crippen LogP contribution >= 0.6 is 0 Å². The summed E-state index contributed by atoms with van der Waals surface area (Å²) in [7, 11) is 0. The molecule has 184 valence electrons. The summed E-state index contributed by atoms with van der Waals surface area (Å²) in [4.78, 5) is 0. The van der Waals surface area contributed by atoms with E-state index < -0.39 is 0 Å². The van der Waals surface area contributed by atoms with Gasteiger partial charge in [-0.2, -0.15) is 0 Å². The average Bonchev–Trinajstić information content (AvgIpc) is 3.05. The predicted molar refractivity (Wildman–Crippen MR) is 123 cm³/mol. The Bertz CT molecular complexity index is 681. The van der Waals surface area contributed by atoms with Crippen LogP contribution in [0, 0.1) is 52.3 Å². The zero-order valence-corrected chi connectivity index (χ0v) is 20.3. The van der Waals surface area contributed by atoms with Crippen LogP contribution < -0.4 is 0 Å². The van der Waals surface area contributed by atoms with Crippen LogP contribution in [0.3, 0.4) is 0 Å². The van der Waals surface area contributed by atoms with E-state index in [1.807, 2.05) is 0 Å². The molecule has 1 heterocycles. The Morgan fingerprint density at radius 1 is 0.938 bits per heavy atom. The van der Waals surface area contributed by atoms with Crippen LogP contribution in [-0.2, 0) is 4.74 Å². The van der Waals surface area contributed by atoms with Gasteiger partial charge in [-0.3, -0.25) is 0 Å². The molecule has 0 radical (unpaired) electrons. The molecule has 1 saturated heterocycles. The SMILES string of the molecule is C[C@H](CCC(O)C1COC1)[C@H]1CC[C@H]2[C@@H]3C(O)CC4CC(O)CC[C@]4(C)[C@H]3CC(O)[C@]12C. The Morgan fingerprint density at radius 2 is 1.69 bits per heavy atom. The van der Waals surface area contributed by atoms with Crippen molar-refractivity contribution in [1.29, 1.82) is 0 Å². The lowest BCUT2D eigenvalue weighted by Crippen LogP contribution is -2.62. The quantitative estimate of drug-likeness (QED) is 0.516. The normalized spacial score (nSPS) is 53.0. The van der Waals surface area contributed by atoms with E-state index in [1.165, 1.54) is 0 Å². The van der Waals surface area contributed by atoms with Gasteiger partial charge in [-0.05, 0) is 104 Å². The number of fused-ring (bicyclic) bond motifs is 5. The van der Waals surface area contributed by atoms with Gasteiger partial charge in [0.2, 0.25) is 0 Å². The molecule has 12 atom stereocenters. The number of rotatable bonds is 5. The maximum Gasteiger partial charge on any atom is 0.0612 e. The van der Waals surface area contributed by atoms with E-state index in [4.69, 9.17) is 4.74 Å². The van der Waals surface area contributed by atoms with E-state index in [0.717, 1.165) is 57.8 Å². The first kappa shape index (κ1) is 23.5. The maximum atomic E-state index is 11.7. The average molecular weight is 451 g/mol. The van der Waals surface area contributed by atoms with Crippen molar-refractivity contribution in [2.75, 3.05) is 13.2 Å². The van der Waals surface area contributed by atoms with E-state index in [2.05, 4.69) is 20.8 Å². The Balaban J connectivity index is 1.33. The highest BCUT2D eigenvalue weighted by molar-refractivity contribution is 5.14. The van der Waals surface area contributed by atoms with Gasteiger partial charge < -0.3 is 25.2 Å². The molecule has 0 amide bonds. The minimum atomic E-state index is -0.330. The highest BCUT2D eigenvalue weighted by Gasteiger charge is 2.65. The van der Waals surface area contributed by atoms with Crippen molar-refractivity contribution in [3.63, 3.8) is 0 Å². The molecule has 0 aromatic carbocycles. The zero-order chi connectivity index (χ0) is 22.8. The summed E-state index contributed by atoms with van der Waals surface area (Å²) in [5.74, 6) is 2.57. The minimum absolute atomic E-state index is 0.129. The molecule has 4 N–H and O–H groups in total. The number of ether oxygens (including phenoxy) is 1. The molecule has 0 aromatic rings. The lowest BCUT2D eigenvalue weighted by molar-refractivity contribution is -0.207. The van der Waals surface area contributed by atoms with Gasteiger partial charge in [-0.15, -0.1) is 0 Å². The fourth-order valence-corrected chi connectivity index (χ4v) is 9.48. The summed E-state index contributed by atoms with van der Waals surface area (Å²) < 4.78 is 5.24. The Kier molecular flexibility index (Phi) is 6.24. The third-order valence-corrected chi connectivity index (χ3v) is 11.6. The lowest BCUT2D eigenvalue weighted by atomic mass is 9.43. The summed E-state index contributed by atoms with van der Waals surface area (Å²) in [6.07, 6.45) is 7.19. The van der Waals surface area contributed by atoms with E-state index in [1.54, 1.807) is 0 Å². The molecule has 0 aromatic heterocycles. The molecule has 0 bridgehead atoms. The van der Waals surface area contributed by atoms with Gasteiger partial charge in [0.15, 0.2) is 0 Å². The molecule has 4 saturated carbocycles.